The molecule has 2 atom stereocenters. The summed E-state index contributed by atoms with van der Waals surface area (Å²) >= 11 is 0. The standard InChI is InChI=1S/C18H23F2NO3/c1-2-24-13-7-5-12(6-8-13)14-11-15(14)21-16(22)18(19,20)17(23)9-3-4-10-17/h5-8,14-15,23H,2-4,9-11H2,1H3,(H,21,22)/t14-,15+/m0/s1. The third-order valence-corrected chi connectivity index (χ3v) is 5.03. The number of rotatable bonds is 6. The molecular formula is C18H23F2NO3. The van der Waals surface area contributed by atoms with Crippen LogP contribution in [0.3, 0.4) is 0 Å². The zero-order chi connectivity index (χ0) is 17.4. The second-order valence-corrected chi connectivity index (χ2v) is 6.74. The van der Waals surface area contributed by atoms with Crippen molar-refractivity contribution in [2.45, 2.75) is 62.5 Å². The highest BCUT2D eigenvalue weighted by Crippen LogP contribution is 2.45. The number of carbonyl (C=O) groups excluding carboxylic acids is 1. The minimum absolute atomic E-state index is 0.0274. The largest absolute Gasteiger partial charge is 0.494 e. The molecule has 0 radical (unpaired) electrons. The molecule has 2 fully saturated rings. The number of carbonyl (C=O) groups is 1. The zero-order valence-corrected chi connectivity index (χ0v) is 13.7. The van der Waals surface area contributed by atoms with E-state index in [1.807, 2.05) is 31.2 Å². The summed E-state index contributed by atoms with van der Waals surface area (Å²) in [7, 11) is 0. The molecule has 2 aliphatic rings. The number of alkyl halides is 2. The first-order valence-corrected chi connectivity index (χ1v) is 8.51. The van der Waals surface area contributed by atoms with Crippen LogP contribution in [-0.4, -0.2) is 35.2 Å². The molecule has 0 saturated heterocycles. The summed E-state index contributed by atoms with van der Waals surface area (Å²) in [5.41, 5.74) is -1.20. The fourth-order valence-corrected chi connectivity index (χ4v) is 3.45. The molecule has 2 N–H and O–H groups in total. The van der Waals surface area contributed by atoms with Crippen molar-refractivity contribution in [3.63, 3.8) is 0 Å². The fourth-order valence-electron chi connectivity index (χ4n) is 3.45. The molecule has 1 aromatic carbocycles. The van der Waals surface area contributed by atoms with Gasteiger partial charge >= 0.3 is 5.92 Å². The Hall–Kier alpha value is -1.69. The van der Waals surface area contributed by atoms with Crippen molar-refractivity contribution in [3.8, 4) is 5.75 Å². The predicted molar refractivity (Wildman–Crippen MR) is 85.3 cm³/mol. The first-order chi connectivity index (χ1) is 11.4. The van der Waals surface area contributed by atoms with Gasteiger partial charge < -0.3 is 15.2 Å². The molecule has 24 heavy (non-hydrogen) atoms. The van der Waals surface area contributed by atoms with Crippen molar-refractivity contribution in [1.82, 2.24) is 5.32 Å². The lowest BCUT2D eigenvalue weighted by molar-refractivity contribution is -0.191. The van der Waals surface area contributed by atoms with Gasteiger partial charge in [-0.15, -0.1) is 0 Å². The Kier molecular flexibility index (Phi) is 4.51. The number of amides is 1. The Morgan fingerprint density at radius 3 is 2.54 bits per heavy atom. The van der Waals surface area contributed by atoms with Gasteiger partial charge in [0.15, 0.2) is 0 Å². The summed E-state index contributed by atoms with van der Waals surface area (Å²) in [6.07, 6.45) is 1.63. The molecule has 132 valence electrons. The second kappa shape index (κ2) is 6.31. The number of ether oxygens (including phenoxy) is 1. The number of hydrogen-bond acceptors (Lipinski definition) is 3. The quantitative estimate of drug-likeness (QED) is 0.838. The van der Waals surface area contributed by atoms with Crippen LogP contribution in [0.25, 0.3) is 0 Å². The molecule has 0 aromatic heterocycles. The number of aliphatic hydroxyl groups is 1. The van der Waals surface area contributed by atoms with E-state index in [0.717, 1.165) is 11.3 Å². The van der Waals surface area contributed by atoms with Crippen LogP contribution in [0, 0.1) is 0 Å². The lowest BCUT2D eigenvalue weighted by Gasteiger charge is -2.31. The lowest BCUT2D eigenvalue weighted by atomic mass is 9.93. The highest BCUT2D eigenvalue weighted by molar-refractivity contribution is 5.85. The third-order valence-electron chi connectivity index (χ3n) is 5.03. The molecule has 0 heterocycles. The maximum Gasteiger partial charge on any atom is 0.352 e. The van der Waals surface area contributed by atoms with Gasteiger partial charge in [0, 0.05) is 12.0 Å². The van der Waals surface area contributed by atoms with Crippen LogP contribution in [0.15, 0.2) is 24.3 Å². The molecule has 0 aliphatic heterocycles. The predicted octanol–water partition coefficient (Wildman–Crippen LogP) is 3.00. The van der Waals surface area contributed by atoms with Crippen LogP contribution < -0.4 is 10.1 Å². The summed E-state index contributed by atoms with van der Waals surface area (Å²) in [4.78, 5) is 12.0. The molecule has 3 rings (SSSR count). The van der Waals surface area contributed by atoms with E-state index in [4.69, 9.17) is 4.74 Å². The van der Waals surface area contributed by atoms with E-state index < -0.39 is 17.4 Å². The molecule has 1 aromatic rings. The summed E-state index contributed by atoms with van der Waals surface area (Å²) < 4.78 is 33.9. The number of halogens is 2. The van der Waals surface area contributed by atoms with E-state index >= 15 is 0 Å². The van der Waals surface area contributed by atoms with E-state index in [1.54, 1.807) is 0 Å². The van der Waals surface area contributed by atoms with Gasteiger partial charge in [0.2, 0.25) is 0 Å². The summed E-state index contributed by atoms with van der Waals surface area (Å²) in [5, 5.41) is 12.5. The molecule has 0 bridgehead atoms. The Balaban J connectivity index is 1.58. The number of nitrogens with one attached hydrogen (secondary N) is 1. The van der Waals surface area contributed by atoms with Gasteiger partial charge in [-0.05, 0) is 43.9 Å². The van der Waals surface area contributed by atoms with E-state index in [-0.39, 0.29) is 24.8 Å². The summed E-state index contributed by atoms with van der Waals surface area (Å²) in [5.74, 6) is -4.29. The average molecular weight is 339 g/mol. The third kappa shape index (κ3) is 3.11. The Morgan fingerprint density at radius 1 is 1.33 bits per heavy atom. The lowest BCUT2D eigenvalue weighted by Crippen LogP contribution is -2.56. The molecule has 0 unspecified atom stereocenters. The molecular weight excluding hydrogens is 316 g/mol. The van der Waals surface area contributed by atoms with Gasteiger partial charge in [-0.25, -0.2) is 0 Å². The number of hydrogen-bond donors (Lipinski definition) is 2. The molecule has 6 heteroatoms. The van der Waals surface area contributed by atoms with Crippen molar-refractivity contribution in [1.29, 1.82) is 0 Å². The maximum atomic E-state index is 14.3. The normalized spacial score (nSPS) is 25.3. The maximum absolute atomic E-state index is 14.3. The monoisotopic (exact) mass is 339 g/mol. The molecule has 2 aliphatic carbocycles. The fraction of sp³-hybridized carbons (Fsp3) is 0.611. The van der Waals surface area contributed by atoms with Crippen LogP contribution in [0.5, 0.6) is 5.75 Å². The smallest absolute Gasteiger partial charge is 0.352 e. The first-order valence-electron chi connectivity index (χ1n) is 8.51. The van der Waals surface area contributed by atoms with Gasteiger partial charge in [-0.3, -0.25) is 4.79 Å². The molecule has 4 nitrogen and oxygen atoms in total. The van der Waals surface area contributed by atoms with Crippen molar-refractivity contribution in [2.75, 3.05) is 6.61 Å². The van der Waals surface area contributed by atoms with Gasteiger partial charge in [-0.2, -0.15) is 8.78 Å². The van der Waals surface area contributed by atoms with Crippen LogP contribution in [0.2, 0.25) is 0 Å². The summed E-state index contributed by atoms with van der Waals surface area (Å²) in [6.45, 7) is 2.48. The zero-order valence-electron chi connectivity index (χ0n) is 13.7. The van der Waals surface area contributed by atoms with Gasteiger partial charge in [0.1, 0.15) is 11.4 Å². The van der Waals surface area contributed by atoms with E-state index in [9.17, 15) is 18.7 Å². The van der Waals surface area contributed by atoms with E-state index in [0.29, 0.717) is 25.9 Å². The highest BCUT2D eigenvalue weighted by Gasteiger charge is 2.60. The van der Waals surface area contributed by atoms with Crippen LogP contribution in [-0.2, 0) is 4.79 Å². The Bertz CT molecular complexity index is 597. The Labute approximate surface area is 140 Å². The highest BCUT2D eigenvalue weighted by atomic mass is 19.3. The van der Waals surface area contributed by atoms with Crippen LogP contribution >= 0.6 is 0 Å². The topological polar surface area (TPSA) is 58.6 Å². The van der Waals surface area contributed by atoms with Crippen molar-refractivity contribution >= 4 is 5.91 Å². The van der Waals surface area contributed by atoms with E-state index in [2.05, 4.69) is 5.32 Å². The Morgan fingerprint density at radius 2 is 1.96 bits per heavy atom. The number of benzene rings is 1. The minimum Gasteiger partial charge on any atom is -0.494 e. The van der Waals surface area contributed by atoms with Crippen molar-refractivity contribution < 1.29 is 23.4 Å². The van der Waals surface area contributed by atoms with Gasteiger partial charge in [0.25, 0.3) is 5.91 Å². The molecule has 2 saturated carbocycles. The summed E-state index contributed by atoms with van der Waals surface area (Å²) in [6, 6.07) is 7.17. The van der Waals surface area contributed by atoms with Gasteiger partial charge in [0.05, 0.1) is 6.61 Å². The van der Waals surface area contributed by atoms with Crippen LogP contribution in [0.4, 0.5) is 8.78 Å². The SMILES string of the molecule is CCOc1ccc([C@@H]2C[C@H]2NC(=O)C(F)(F)C2(O)CCCC2)cc1. The minimum atomic E-state index is -3.74. The molecule has 0 spiro atoms. The van der Waals surface area contributed by atoms with Crippen molar-refractivity contribution in [2.24, 2.45) is 0 Å². The van der Waals surface area contributed by atoms with Crippen LogP contribution in [0.1, 0.15) is 50.5 Å². The molecule has 1 amide bonds. The van der Waals surface area contributed by atoms with Gasteiger partial charge in [-0.1, -0.05) is 25.0 Å². The van der Waals surface area contributed by atoms with E-state index in [1.165, 1.54) is 0 Å². The second-order valence-electron chi connectivity index (χ2n) is 6.74. The van der Waals surface area contributed by atoms with Crippen molar-refractivity contribution in [3.05, 3.63) is 29.8 Å². The first kappa shape index (κ1) is 17.1. The average Bonchev–Trinajstić information content (AvgIpc) is 3.17.